The minimum atomic E-state index is -0.907. The Morgan fingerprint density at radius 3 is 1.08 bits per heavy atom. The van der Waals surface area contributed by atoms with E-state index in [1.807, 2.05) is 0 Å². The standard InChI is InChI=1S/C16H28O9/c17-14(18)4-10-23-7-1-13(2-8-24-11-5-15(19)20)3-9-25-12-6-16(21)22/h13H,1-12H2,(H,17,18)(H,19,20)(H,21,22). The quantitative estimate of drug-likeness (QED) is 0.306. The zero-order valence-corrected chi connectivity index (χ0v) is 14.4. The SMILES string of the molecule is O=C(O)CCOCCC(CCOCCC(=O)O)CCOCCC(=O)O. The van der Waals surface area contributed by atoms with Gasteiger partial charge in [0.05, 0.1) is 39.1 Å². The lowest BCUT2D eigenvalue weighted by Gasteiger charge is -2.17. The largest absolute Gasteiger partial charge is 0.481 e. The van der Waals surface area contributed by atoms with Crippen molar-refractivity contribution in [3.63, 3.8) is 0 Å². The van der Waals surface area contributed by atoms with E-state index >= 15 is 0 Å². The molecule has 0 atom stereocenters. The molecule has 0 aliphatic rings. The van der Waals surface area contributed by atoms with Crippen LogP contribution in [0.25, 0.3) is 0 Å². The summed E-state index contributed by atoms with van der Waals surface area (Å²) in [5.74, 6) is -2.51. The highest BCUT2D eigenvalue weighted by atomic mass is 16.5. The smallest absolute Gasteiger partial charge is 0.305 e. The highest BCUT2D eigenvalue weighted by Gasteiger charge is 2.10. The molecular weight excluding hydrogens is 336 g/mol. The molecule has 0 aliphatic heterocycles. The van der Waals surface area contributed by atoms with Gasteiger partial charge in [-0.1, -0.05) is 0 Å². The first kappa shape index (κ1) is 23.3. The van der Waals surface area contributed by atoms with Crippen molar-refractivity contribution in [2.75, 3.05) is 39.6 Å². The molecular formula is C16H28O9. The third kappa shape index (κ3) is 18.5. The van der Waals surface area contributed by atoms with Crippen molar-refractivity contribution in [3.05, 3.63) is 0 Å². The molecule has 9 nitrogen and oxygen atoms in total. The van der Waals surface area contributed by atoms with Crippen LogP contribution in [0.3, 0.4) is 0 Å². The van der Waals surface area contributed by atoms with Crippen molar-refractivity contribution < 1.29 is 43.9 Å². The average Bonchev–Trinajstić information content (AvgIpc) is 2.52. The first-order valence-corrected chi connectivity index (χ1v) is 8.30. The molecule has 0 saturated carbocycles. The molecule has 0 rings (SSSR count). The summed E-state index contributed by atoms with van der Waals surface area (Å²) in [5.41, 5.74) is 0. The van der Waals surface area contributed by atoms with Crippen molar-refractivity contribution in [1.29, 1.82) is 0 Å². The van der Waals surface area contributed by atoms with Gasteiger partial charge < -0.3 is 29.5 Å². The van der Waals surface area contributed by atoms with E-state index in [2.05, 4.69) is 0 Å². The summed E-state index contributed by atoms with van der Waals surface area (Å²) in [7, 11) is 0. The lowest BCUT2D eigenvalue weighted by Crippen LogP contribution is -2.14. The summed E-state index contributed by atoms with van der Waals surface area (Å²) >= 11 is 0. The molecule has 146 valence electrons. The number of ether oxygens (including phenoxy) is 3. The van der Waals surface area contributed by atoms with Crippen molar-refractivity contribution in [1.82, 2.24) is 0 Å². The van der Waals surface area contributed by atoms with E-state index in [0.717, 1.165) is 0 Å². The van der Waals surface area contributed by atoms with Crippen LogP contribution in [-0.4, -0.2) is 72.9 Å². The van der Waals surface area contributed by atoms with E-state index in [0.29, 0.717) is 39.1 Å². The number of carboxylic acid groups (broad SMARTS) is 3. The lowest BCUT2D eigenvalue weighted by atomic mass is 9.99. The Morgan fingerprint density at radius 2 is 0.840 bits per heavy atom. The van der Waals surface area contributed by atoms with Gasteiger partial charge in [0.25, 0.3) is 0 Å². The number of carboxylic acids is 3. The van der Waals surface area contributed by atoms with Gasteiger partial charge in [-0.3, -0.25) is 14.4 Å². The Kier molecular flexibility index (Phi) is 14.7. The van der Waals surface area contributed by atoms with Crippen LogP contribution in [0.1, 0.15) is 38.5 Å². The van der Waals surface area contributed by atoms with Crippen molar-refractivity contribution in [2.45, 2.75) is 38.5 Å². The average molecular weight is 364 g/mol. The van der Waals surface area contributed by atoms with Crippen molar-refractivity contribution in [3.8, 4) is 0 Å². The summed E-state index contributed by atoms with van der Waals surface area (Å²) in [5, 5.41) is 25.6. The number of rotatable bonds is 18. The second-order valence-corrected chi connectivity index (χ2v) is 5.50. The van der Waals surface area contributed by atoms with Gasteiger partial charge in [-0.15, -0.1) is 0 Å². The molecule has 0 bridgehead atoms. The van der Waals surface area contributed by atoms with Crippen LogP contribution in [0.2, 0.25) is 0 Å². The molecule has 0 radical (unpaired) electrons. The Balaban J connectivity index is 3.92. The molecule has 0 aromatic heterocycles. The molecule has 0 aromatic rings. The fourth-order valence-corrected chi connectivity index (χ4v) is 1.97. The maximum atomic E-state index is 10.4. The number of hydrogen-bond acceptors (Lipinski definition) is 6. The third-order valence-corrected chi connectivity index (χ3v) is 3.39. The van der Waals surface area contributed by atoms with Gasteiger partial charge in [-0.05, 0) is 25.2 Å². The van der Waals surface area contributed by atoms with Crippen LogP contribution >= 0.6 is 0 Å². The summed E-state index contributed by atoms with van der Waals surface area (Å²) in [6.07, 6.45) is 1.97. The Bertz CT molecular complexity index is 327. The van der Waals surface area contributed by atoms with Crippen LogP contribution in [0.5, 0.6) is 0 Å². The van der Waals surface area contributed by atoms with Crippen molar-refractivity contribution >= 4 is 17.9 Å². The molecule has 0 fully saturated rings. The summed E-state index contributed by atoms with van der Waals surface area (Å²) in [4.78, 5) is 31.2. The Hall–Kier alpha value is -1.71. The first-order valence-electron chi connectivity index (χ1n) is 8.30. The Labute approximate surface area is 146 Å². The van der Waals surface area contributed by atoms with Crippen LogP contribution in [-0.2, 0) is 28.6 Å². The predicted molar refractivity (Wildman–Crippen MR) is 86.6 cm³/mol. The summed E-state index contributed by atoms with van der Waals surface area (Å²) in [6.45, 7) is 1.73. The van der Waals surface area contributed by atoms with Gasteiger partial charge in [0.1, 0.15) is 0 Å². The van der Waals surface area contributed by atoms with Gasteiger partial charge in [0, 0.05) is 19.8 Å². The lowest BCUT2D eigenvalue weighted by molar-refractivity contribution is -0.139. The van der Waals surface area contributed by atoms with E-state index in [9.17, 15) is 14.4 Å². The van der Waals surface area contributed by atoms with Crippen LogP contribution in [0.15, 0.2) is 0 Å². The number of hydrogen-bond donors (Lipinski definition) is 3. The number of carbonyl (C=O) groups is 3. The van der Waals surface area contributed by atoms with Gasteiger partial charge in [-0.25, -0.2) is 0 Å². The maximum Gasteiger partial charge on any atom is 0.305 e. The first-order chi connectivity index (χ1) is 11.9. The molecule has 0 amide bonds. The fourth-order valence-electron chi connectivity index (χ4n) is 1.97. The minimum absolute atomic E-state index is 0.0404. The molecule has 0 aromatic carbocycles. The van der Waals surface area contributed by atoms with E-state index in [1.54, 1.807) is 0 Å². The molecule has 0 heterocycles. The van der Waals surface area contributed by atoms with Crippen LogP contribution in [0, 0.1) is 5.92 Å². The second kappa shape index (κ2) is 15.8. The summed E-state index contributed by atoms with van der Waals surface area (Å²) in [6, 6.07) is 0. The highest BCUT2D eigenvalue weighted by molar-refractivity contribution is 5.67. The molecule has 9 heteroatoms. The zero-order valence-electron chi connectivity index (χ0n) is 14.4. The highest BCUT2D eigenvalue weighted by Crippen LogP contribution is 2.14. The Morgan fingerprint density at radius 1 is 0.560 bits per heavy atom. The molecule has 3 N–H and O–H groups in total. The van der Waals surface area contributed by atoms with Gasteiger partial charge in [0.2, 0.25) is 0 Å². The van der Waals surface area contributed by atoms with Gasteiger partial charge in [0.15, 0.2) is 0 Å². The van der Waals surface area contributed by atoms with Crippen molar-refractivity contribution in [2.24, 2.45) is 5.92 Å². The van der Waals surface area contributed by atoms with Crippen LogP contribution in [0.4, 0.5) is 0 Å². The third-order valence-electron chi connectivity index (χ3n) is 3.39. The molecule has 0 saturated heterocycles. The summed E-state index contributed by atoms with van der Waals surface area (Å²) < 4.78 is 15.8. The van der Waals surface area contributed by atoms with E-state index < -0.39 is 17.9 Å². The van der Waals surface area contributed by atoms with E-state index in [1.165, 1.54) is 0 Å². The maximum absolute atomic E-state index is 10.4. The predicted octanol–water partition coefficient (Wildman–Crippen LogP) is 1.25. The van der Waals surface area contributed by atoms with Crippen LogP contribution < -0.4 is 0 Å². The normalized spacial score (nSPS) is 10.9. The fraction of sp³-hybridized carbons (Fsp3) is 0.812. The molecule has 0 aliphatic carbocycles. The van der Waals surface area contributed by atoms with Gasteiger partial charge in [-0.2, -0.15) is 0 Å². The van der Waals surface area contributed by atoms with Gasteiger partial charge >= 0.3 is 17.9 Å². The molecule has 25 heavy (non-hydrogen) atoms. The zero-order chi connectivity index (χ0) is 18.9. The monoisotopic (exact) mass is 364 g/mol. The molecule has 0 spiro atoms. The van der Waals surface area contributed by atoms with E-state index in [-0.39, 0.29) is 45.0 Å². The molecule has 0 unspecified atom stereocenters. The second-order valence-electron chi connectivity index (χ2n) is 5.50. The minimum Gasteiger partial charge on any atom is -0.481 e. The number of aliphatic carboxylic acids is 3. The topological polar surface area (TPSA) is 140 Å². The van der Waals surface area contributed by atoms with E-state index in [4.69, 9.17) is 29.5 Å².